The van der Waals surface area contributed by atoms with E-state index < -0.39 is 29.4 Å². The molecule has 0 N–H and O–H groups in total. The van der Waals surface area contributed by atoms with E-state index in [-0.39, 0.29) is 46.3 Å². The standard InChI is InChI=1S/C38H60O8/c1-22(2)25-13-18-38(33(42)44-21-30(40)43-10)20-19-36(8)26(31(25)38)11-12-28-35(7)16-15-29(46-32(41)23(3)45-24(4)39)34(5,6)27(35)14-17-37(28,36)9/h22-23,25-29,31H,11-21H2,1-10H3/t23?,25-,26+,27-,28+,29-,31+,35-,36+,37+,38?/m0/s1. The highest BCUT2D eigenvalue weighted by molar-refractivity contribution is 5.81. The van der Waals surface area contributed by atoms with Crippen molar-refractivity contribution in [1.29, 1.82) is 0 Å². The smallest absolute Gasteiger partial charge is 0.347 e. The van der Waals surface area contributed by atoms with Gasteiger partial charge in [0.25, 0.3) is 0 Å². The molecule has 46 heavy (non-hydrogen) atoms. The van der Waals surface area contributed by atoms with Gasteiger partial charge in [0.2, 0.25) is 0 Å². The monoisotopic (exact) mass is 644 g/mol. The molecule has 0 saturated heterocycles. The summed E-state index contributed by atoms with van der Waals surface area (Å²) in [6.07, 6.45) is 8.83. The van der Waals surface area contributed by atoms with Gasteiger partial charge < -0.3 is 18.9 Å². The van der Waals surface area contributed by atoms with Gasteiger partial charge in [0.05, 0.1) is 12.5 Å². The van der Waals surface area contributed by atoms with E-state index in [0.29, 0.717) is 29.6 Å². The van der Waals surface area contributed by atoms with Crippen LogP contribution in [-0.2, 0) is 38.1 Å². The Bertz CT molecular complexity index is 1220. The molecule has 0 aliphatic heterocycles. The molecule has 5 saturated carbocycles. The molecule has 0 bridgehead atoms. The first-order valence-electron chi connectivity index (χ1n) is 18.0. The largest absolute Gasteiger partial charge is 0.466 e. The molecule has 8 nitrogen and oxygen atoms in total. The molecule has 5 fully saturated rings. The highest BCUT2D eigenvalue weighted by Crippen LogP contribution is 2.77. The summed E-state index contributed by atoms with van der Waals surface area (Å²) in [5.74, 6) is 0.918. The second kappa shape index (κ2) is 12.1. The van der Waals surface area contributed by atoms with Crippen LogP contribution < -0.4 is 0 Å². The lowest BCUT2D eigenvalue weighted by Crippen LogP contribution is -2.67. The van der Waals surface area contributed by atoms with Crippen LogP contribution in [0.1, 0.15) is 127 Å². The van der Waals surface area contributed by atoms with Crippen LogP contribution in [0, 0.1) is 62.6 Å². The van der Waals surface area contributed by atoms with Gasteiger partial charge in [-0.2, -0.15) is 0 Å². The molecule has 0 heterocycles. The Balaban J connectivity index is 1.42. The van der Waals surface area contributed by atoms with Crippen LogP contribution in [-0.4, -0.2) is 49.8 Å². The Labute approximate surface area is 276 Å². The quantitative estimate of drug-likeness (QED) is 0.210. The fourth-order valence-corrected chi connectivity index (χ4v) is 12.8. The first-order valence-corrected chi connectivity index (χ1v) is 18.0. The number of carbonyl (C=O) groups is 4. The Morgan fingerprint density at radius 1 is 0.783 bits per heavy atom. The van der Waals surface area contributed by atoms with Gasteiger partial charge in [-0.15, -0.1) is 0 Å². The molecular formula is C38H60O8. The molecule has 0 aromatic heterocycles. The topological polar surface area (TPSA) is 105 Å². The van der Waals surface area contributed by atoms with Gasteiger partial charge in [-0.25, -0.2) is 9.59 Å². The van der Waals surface area contributed by atoms with Crippen LogP contribution in [0.15, 0.2) is 0 Å². The van der Waals surface area contributed by atoms with Crippen LogP contribution in [0.5, 0.6) is 0 Å². The molecule has 5 aliphatic rings. The van der Waals surface area contributed by atoms with Gasteiger partial charge in [0, 0.05) is 12.3 Å². The van der Waals surface area contributed by atoms with Crippen molar-refractivity contribution in [2.45, 2.75) is 139 Å². The van der Waals surface area contributed by atoms with Crippen molar-refractivity contribution < 1.29 is 38.1 Å². The number of esters is 4. The zero-order chi connectivity index (χ0) is 34.0. The maximum atomic E-state index is 14.0. The summed E-state index contributed by atoms with van der Waals surface area (Å²) in [5.41, 5.74) is -0.417. The van der Waals surface area contributed by atoms with E-state index in [1.165, 1.54) is 14.0 Å². The first-order chi connectivity index (χ1) is 21.4. The number of fused-ring (bicyclic) bond motifs is 7. The molecule has 0 aromatic rings. The summed E-state index contributed by atoms with van der Waals surface area (Å²) in [7, 11) is 1.33. The van der Waals surface area contributed by atoms with Crippen molar-refractivity contribution in [3.05, 3.63) is 0 Å². The summed E-state index contributed by atoms with van der Waals surface area (Å²) in [6.45, 7) is 19.4. The van der Waals surface area contributed by atoms with Crippen molar-refractivity contribution in [1.82, 2.24) is 0 Å². The molecule has 260 valence electrons. The molecule has 5 aliphatic carbocycles. The van der Waals surface area contributed by atoms with E-state index in [4.69, 9.17) is 18.9 Å². The lowest BCUT2D eigenvalue weighted by Gasteiger charge is -2.72. The second-order valence-corrected chi connectivity index (χ2v) is 17.5. The molecule has 0 spiro atoms. The molecule has 2 unspecified atom stereocenters. The maximum absolute atomic E-state index is 14.0. The summed E-state index contributed by atoms with van der Waals surface area (Å²) in [4.78, 5) is 50.3. The van der Waals surface area contributed by atoms with Crippen LogP contribution in [0.3, 0.4) is 0 Å². The first kappa shape index (κ1) is 35.2. The van der Waals surface area contributed by atoms with Gasteiger partial charge >= 0.3 is 23.9 Å². The van der Waals surface area contributed by atoms with Crippen molar-refractivity contribution in [3.8, 4) is 0 Å². The number of rotatable bonds is 7. The zero-order valence-electron chi connectivity index (χ0n) is 30.2. The maximum Gasteiger partial charge on any atom is 0.347 e. The van der Waals surface area contributed by atoms with Crippen molar-refractivity contribution >= 4 is 23.9 Å². The Kier molecular flexibility index (Phi) is 9.25. The number of hydrogen-bond donors (Lipinski definition) is 0. The van der Waals surface area contributed by atoms with Gasteiger partial charge in [-0.3, -0.25) is 9.59 Å². The van der Waals surface area contributed by atoms with E-state index in [9.17, 15) is 19.2 Å². The summed E-state index contributed by atoms with van der Waals surface area (Å²) >= 11 is 0. The van der Waals surface area contributed by atoms with Gasteiger partial charge in [0.15, 0.2) is 12.7 Å². The number of carbonyl (C=O) groups excluding carboxylic acids is 4. The van der Waals surface area contributed by atoms with Crippen molar-refractivity contribution in [2.75, 3.05) is 13.7 Å². The lowest BCUT2D eigenvalue weighted by atomic mass is 9.32. The zero-order valence-corrected chi connectivity index (χ0v) is 30.2. The van der Waals surface area contributed by atoms with Crippen LogP contribution in [0.4, 0.5) is 0 Å². The molecule has 5 rings (SSSR count). The van der Waals surface area contributed by atoms with Gasteiger partial charge in [-0.1, -0.05) is 48.5 Å². The Morgan fingerprint density at radius 3 is 2.11 bits per heavy atom. The average molecular weight is 645 g/mol. The number of methoxy groups -OCH3 is 1. The van der Waals surface area contributed by atoms with E-state index >= 15 is 0 Å². The van der Waals surface area contributed by atoms with E-state index in [0.717, 1.165) is 64.2 Å². The Hall–Kier alpha value is -2.12. The average Bonchev–Trinajstić information content (AvgIpc) is 3.38. The predicted molar refractivity (Wildman–Crippen MR) is 173 cm³/mol. The third-order valence-corrected chi connectivity index (χ3v) is 15.2. The Morgan fingerprint density at radius 2 is 1.48 bits per heavy atom. The third kappa shape index (κ3) is 5.21. The van der Waals surface area contributed by atoms with Crippen LogP contribution >= 0.6 is 0 Å². The minimum absolute atomic E-state index is 0.0884. The molecule has 0 aromatic carbocycles. The molecule has 0 radical (unpaired) electrons. The van der Waals surface area contributed by atoms with Crippen LogP contribution in [0.2, 0.25) is 0 Å². The molecule has 8 heteroatoms. The van der Waals surface area contributed by atoms with Crippen LogP contribution in [0.25, 0.3) is 0 Å². The van der Waals surface area contributed by atoms with Crippen molar-refractivity contribution in [2.24, 2.45) is 62.6 Å². The normalized spacial score (nSPS) is 43.2. The summed E-state index contributed by atoms with van der Waals surface area (Å²) in [6, 6.07) is 0. The fourth-order valence-electron chi connectivity index (χ4n) is 12.8. The number of hydrogen-bond acceptors (Lipinski definition) is 8. The summed E-state index contributed by atoms with van der Waals surface area (Å²) < 4.78 is 21.7. The van der Waals surface area contributed by atoms with E-state index in [1.807, 2.05) is 0 Å². The predicted octanol–water partition coefficient (Wildman–Crippen LogP) is 7.30. The SMILES string of the molecule is COC(=O)COC(=O)C12CC[C@@H](C(C)C)[C@@H]1[C@H]1CC[C@@H]3[C@@]4(C)CC[C@H](OC(=O)C(C)OC(C)=O)C(C)(C)[C@@H]4CC[C@@]3(C)[C@]1(C)CC2. The molecule has 0 amide bonds. The summed E-state index contributed by atoms with van der Waals surface area (Å²) in [5, 5.41) is 0. The molecular weight excluding hydrogens is 584 g/mol. The second-order valence-electron chi connectivity index (χ2n) is 17.5. The highest BCUT2D eigenvalue weighted by atomic mass is 16.6. The fraction of sp³-hybridized carbons (Fsp3) is 0.895. The number of ether oxygens (including phenoxy) is 4. The third-order valence-electron chi connectivity index (χ3n) is 15.2. The highest BCUT2D eigenvalue weighted by Gasteiger charge is 2.72. The van der Waals surface area contributed by atoms with Gasteiger partial charge in [-0.05, 0) is 123 Å². The molecule has 11 atom stereocenters. The minimum Gasteiger partial charge on any atom is -0.466 e. The lowest BCUT2D eigenvalue weighted by molar-refractivity contribution is -0.253. The van der Waals surface area contributed by atoms with Crippen molar-refractivity contribution in [3.63, 3.8) is 0 Å². The minimum atomic E-state index is -0.909. The van der Waals surface area contributed by atoms with Gasteiger partial charge in [0.1, 0.15) is 6.10 Å². The van der Waals surface area contributed by atoms with E-state index in [2.05, 4.69) is 48.5 Å². The van der Waals surface area contributed by atoms with E-state index in [1.54, 1.807) is 6.92 Å².